The van der Waals surface area contributed by atoms with E-state index in [0.29, 0.717) is 121 Å². The number of rotatable bonds is 32. The maximum absolute atomic E-state index is 14.9. The highest BCUT2D eigenvalue weighted by molar-refractivity contribution is 7.14. The van der Waals surface area contributed by atoms with Crippen LogP contribution in [0.5, 0.6) is 23.0 Å². The number of carbonyl (C=O) groups excluding carboxylic acids is 7. The van der Waals surface area contributed by atoms with E-state index in [-0.39, 0.29) is 62.6 Å². The lowest BCUT2D eigenvalue weighted by molar-refractivity contribution is -0.148. The molecule has 129 heavy (non-hydrogen) atoms. The molecule has 6 aromatic rings. The van der Waals surface area contributed by atoms with Crippen LogP contribution in [0.15, 0.2) is 72.5 Å². The van der Waals surface area contributed by atoms with Crippen LogP contribution in [0.1, 0.15) is 133 Å². The number of nitrogens with one attached hydrogen (secondary N) is 6. The third kappa shape index (κ3) is 21.7. The number of aliphatic carboxylic acids is 1. The SMILES string of the molecule is C=C[C@@H]1CC1(NC(=O)[C@@H]1C[C@@H](Oc2cc(-c3csc(NC(C)C)n3)nc3c(Cl)c(OCCN4CCN(C)CC4)ccc23)CN1C(=O)[C@@H](NC(=O)OC1C[C@@H]2C[C@@H]2C1)C(C)(C)C)C(=O)O.C=C[C@@H]1CC1(NC(=O)[C@@H]1C[C@@H](Oc2cc(-c3csc(NC(C)C)n3)nc3c(Cl)c(OCCN4CCN(C)CC4)ccc23)CN1C(=O)[C@@H](NC(=O)OC1C[C@@H]2C[C@@H]2C1)C(C)(C)C)C(=O)OC. The minimum Gasteiger partial charge on any atom is -0.491 e. The first-order valence-corrected chi connectivity index (χ1v) is 47.8. The number of hydrogen-bond acceptors (Lipinski definition) is 27. The van der Waals surface area contributed by atoms with Crippen LogP contribution in [0, 0.1) is 46.3 Å². The molecule has 36 heteroatoms. The number of likely N-dealkylation sites (tertiary alicyclic amines) is 2. The van der Waals surface area contributed by atoms with Gasteiger partial charge >= 0.3 is 24.1 Å². The number of alkyl carbamates (subject to hydrolysis) is 2. The molecule has 2 aromatic carbocycles. The second kappa shape index (κ2) is 38.8. The summed E-state index contributed by atoms with van der Waals surface area (Å²) >= 11 is 17.2. The Kier molecular flexibility index (Phi) is 28.3. The van der Waals surface area contributed by atoms with E-state index >= 15 is 0 Å². The fourth-order valence-electron chi connectivity index (χ4n) is 18.9. The number of carbonyl (C=O) groups is 8. The number of pyridine rings is 2. The standard InChI is InChI=1S/C47H63ClN8O8S.C46H61ClN8O8S/c1-9-29-23-47(29,43(59)61-8)53-41(57)35-21-31(24-56(35)42(58)40(46(4,5)6)52-45(60)64-30-19-27-18-28(27)20-30)63-37-22-33(34-25-65-44(51-34)49-26(2)3)50-39-32(37)10-11-36(38(39)48)62-17-16-55-14-12-54(7)13-15-55;1-8-28-22-46(28,42(58)59)52-40(56)34-20-30(23-55(34)41(57)39(45(4,5)6)51-44(60)63-29-18-26-17-27(26)19-29)62-36-21-32(33-24-64-43(50-33)48-25(2)3)49-38-31(36)9-10-35(37(38)47)61-16-15-54-13-11-53(7)12-14-54/h9-11,22,25-31,35,40H,1,12-21,23-24H2,2-8H3,(H,49,51)(H,52,60)(H,53,57);8-10,21,24-30,34,39H,1,11-20,22-23H2,2-7H3,(H,48,50)(H,51,60)(H,52,56)(H,58,59)/t27-,28+,29-,30?,31-,35+,40-,47?;26-,27+,28-,29?,30-,34+,39-,46?/m11/s1. The van der Waals surface area contributed by atoms with Gasteiger partial charge in [-0.3, -0.25) is 29.0 Å². The van der Waals surface area contributed by atoms with Crippen LogP contribution in [0.25, 0.3) is 44.6 Å². The highest BCUT2D eigenvalue weighted by atomic mass is 35.5. The number of anilines is 2. The van der Waals surface area contributed by atoms with Crippen molar-refractivity contribution >= 4 is 126 Å². The van der Waals surface area contributed by atoms with Crippen molar-refractivity contribution in [3.05, 3.63) is 82.5 Å². The largest absolute Gasteiger partial charge is 0.491 e. The highest BCUT2D eigenvalue weighted by Crippen LogP contribution is 2.54. The Morgan fingerprint density at radius 2 is 0.922 bits per heavy atom. The number of amides is 6. The maximum Gasteiger partial charge on any atom is 0.408 e. The average Bonchev–Trinajstić information content (AvgIpc) is 1.60. The van der Waals surface area contributed by atoms with E-state index in [1.165, 1.54) is 58.5 Å². The molecule has 0 radical (unpaired) electrons. The molecule has 10 fully saturated rings. The van der Waals surface area contributed by atoms with Crippen molar-refractivity contribution < 1.29 is 76.6 Å². The third-order valence-corrected chi connectivity index (χ3v) is 29.1. The molecule has 0 bridgehead atoms. The van der Waals surface area contributed by atoms with E-state index in [9.17, 15) is 43.5 Å². The lowest BCUT2D eigenvalue weighted by atomic mass is 9.85. The van der Waals surface area contributed by atoms with Gasteiger partial charge in [0, 0.05) is 136 Å². The fourth-order valence-corrected chi connectivity index (χ4v) is 21.1. The zero-order valence-corrected chi connectivity index (χ0v) is 79.2. The Balaban J connectivity index is 0.000000198. The van der Waals surface area contributed by atoms with Gasteiger partial charge in [-0.15, -0.1) is 35.8 Å². The van der Waals surface area contributed by atoms with Gasteiger partial charge in [-0.05, 0) is 152 Å². The van der Waals surface area contributed by atoms with E-state index in [2.05, 4.69) is 78.8 Å². The molecule has 10 aliphatic rings. The van der Waals surface area contributed by atoms with E-state index in [1.807, 2.05) is 98.2 Å². The number of esters is 1. The van der Waals surface area contributed by atoms with Crippen LogP contribution in [0.4, 0.5) is 19.9 Å². The summed E-state index contributed by atoms with van der Waals surface area (Å²) in [4.78, 5) is 143. The summed E-state index contributed by atoms with van der Waals surface area (Å²) in [5.74, 6) is -0.586. The number of methoxy groups -OCH3 is 1. The number of aromatic nitrogens is 4. The molecule has 16 atom stereocenters. The van der Waals surface area contributed by atoms with Crippen LogP contribution in [-0.2, 0) is 43.0 Å². The Morgan fingerprint density at radius 3 is 1.28 bits per heavy atom. The predicted molar refractivity (Wildman–Crippen MR) is 494 cm³/mol. The van der Waals surface area contributed by atoms with E-state index in [1.54, 1.807) is 24.3 Å². The Labute approximate surface area is 771 Å². The molecule has 6 saturated carbocycles. The normalized spacial score (nSPS) is 27.0. The van der Waals surface area contributed by atoms with Crippen molar-refractivity contribution in [1.29, 1.82) is 0 Å². The molecule has 16 rings (SSSR count). The first kappa shape index (κ1) is 94.2. The molecule has 6 aliphatic carbocycles. The first-order chi connectivity index (χ1) is 61.4. The molecular weight excluding hydrogens is 1730 g/mol. The van der Waals surface area contributed by atoms with Gasteiger partial charge < -0.3 is 89.8 Å². The minimum atomic E-state index is -1.53. The van der Waals surface area contributed by atoms with Crippen LogP contribution >= 0.6 is 45.9 Å². The second-order valence-corrected chi connectivity index (χ2v) is 41.9. The lowest BCUT2D eigenvalue weighted by Gasteiger charge is -2.35. The number of carboxylic acids is 1. The summed E-state index contributed by atoms with van der Waals surface area (Å²) in [5.41, 5.74) is -1.32. The van der Waals surface area contributed by atoms with E-state index < -0.39 is 112 Å². The van der Waals surface area contributed by atoms with E-state index in [4.69, 9.17) is 76.3 Å². The van der Waals surface area contributed by atoms with Crippen molar-refractivity contribution in [1.82, 2.24) is 70.6 Å². The Morgan fingerprint density at radius 1 is 0.535 bits per heavy atom. The number of halogens is 2. The number of likely N-dealkylation sites (N-methyl/N-ethyl adjacent to an activating group) is 2. The number of benzene rings is 2. The Hall–Kier alpha value is -9.42. The zero-order chi connectivity index (χ0) is 92.0. The van der Waals surface area contributed by atoms with Crippen molar-refractivity contribution in [3.8, 4) is 45.8 Å². The number of ether oxygens (including phenoxy) is 7. The summed E-state index contributed by atoms with van der Waals surface area (Å²) in [6, 6.07) is 6.84. The predicted octanol–water partition coefficient (Wildman–Crippen LogP) is 11.9. The van der Waals surface area contributed by atoms with Crippen molar-refractivity contribution in [2.75, 3.05) is 124 Å². The average molecular weight is 1860 g/mol. The number of carboxylic acid groups (broad SMARTS) is 1. The minimum absolute atomic E-state index is 0.0121. The van der Waals surface area contributed by atoms with Crippen LogP contribution in [0.3, 0.4) is 0 Å². The summed E-state index contributed by atoms with van der Waals surface area (Å²) in [6.45, 7) is 37.0. The van der Waals surface area contributed by atoms with Gasteiger partial charge in [0.05, 0.1) is 42.6 Å². The van der Waals surface area contributed by atoms with Crippen LogP contribution < -0.4 is 50.8 Å². The molecule has 0 spiro atoms. The third-order valence-electron chi connectivity index (χ3n) is 26.8. The molecule has 7 N–H and O–H groups in total. The molecule has 32 nitrogen and oxygen atoms in total. The molecule has 698 valence electrons. The summed E-state index contributed by atoms with van der Waals surface area (Å²) < 4.78 is 42.9. The highest BCUT2D eigenvalue weighted by Gasteiger charge is 2.64. The van der Waals surface area contributed by atoms with E-state index in [0.717, 1.165) is 101 Å². The zero-order valence-electron chi connectivity index (χ0n) is 76.0. The Bertz CT molecular complexity index is 5180. The molecule has 4 unspecified atom stereocenters. The molecular formula is C93H124Cl2N16O16S2. The summed E-state index contributed by atoms with van der Waals surface area (Å²) in [7, 11) is 5.52. The topological polar surface area (TPSA) is 365 Å². The van der Waals surface area contributed by atoms with Crippen molar-refractivity contribution in [2.45, 2.75) is 205 Å². The van der Waals surface area contributed by atoms with Crippen molar-refractivity contribution in [3.63, 3.8) is 0 Å². The maximum atomic E-state index is 14.9. The molecule has 8 heterocycles. The van der Waals surface area contributed by atoms with Gasteiger partial charge in [0.2, 0.25) is 23.6 Å². The lowest BCUT2D eigenvalue weighted by Crippen LogP contribution is -2.59. The van der Waals surface area contributed by atoms with Gasteiger partial charge in [-0.1, -0.05) is 76.9 Å². The smallest absolute Gasteiger partial charge is 0.408 e. The molecule has 4 saturated heterocycles. The number of piperazine rings is 2. The summed E-state index contributed by atoms with van der Waals surface area (Å²) in [6.07, 6.45) is 6.13. The van der Waals surface area contributed by atoms with Gasteiger partial charge in [0.1, 0.15) is 117 Å². The number of nitrogens with zero attached hydrogens (tertiary/aromatic N) is 10. The van der Waals surface area contributed by atoms with Gasteiger partial charge in [0.15, 0.2) is 10.3 Å². The summed E-state index contributed by atoms with van der Waals surface area (Å²) in [5, 5.41) is 35.4. The van der Waals surface area contributed by atoms with Gasteiger partial charge in [0.25, 0.3) is 0 Å². The number of fused-ring (bicyclic) bond motifs is 4. The second-order valence-electron chi connectivity index (χ2n) is 39.4. The monoisotopic (exact) mass is 1850 g/mol. The van der Waals surface area contributed by atoms with Crippen LogP contribution in [-0.4, -0.2) is 287 Å². The number of thiazole rings is 2. The fraction of sp³-hybridized carbons (Fsp3) is 0.613. The first-order valence-electron chi connectivity index (χ1n) is 45.3. The quantitative estimate of drug-likeness (QED) is 0.0117. The molecule has 4 aliphatic heterocycles. The van der Waals surface area contributed by atoms with Gasteiger partial charge in [-0.2, -0.15) is 0 Å². The number of hydrogen-bond donors (Lipinski definition) is 7. The van der Waals surface area contributed by atoms with Crippen molar-refractivity contribution in [2.24, 2.45) is 46.3 Å². The van der Waals surface area contributed by atoms with Crippen LogP contribution in [0.2, 0.25) is 10.0 Å². The molecule has 4 aromatic heterocycles. The molecule has 6 amide bonds. The van der Waals surface area contributed by atoms with Gasteiger partial charge in [-0.25, -0.2) is 39.1 Å².